The number of methoxy groups -OCH3 is 1. The molecule has 5 heteroatoms. The first-order valence-corrected chi connectivity index (χ1v) is 5.25. The van der Waals surface area contributed by atoms with Crippen molar-refractivity contribution in [1.82, 2.24) is 0 Å². The summed E-state index contributed by atoms with van der Waals surface area (Å²) in [7, 11) is 1.34. The number of nitrogens with one attached hydrogen (secondary N) is 2. The van der Waals surface area contributed by atoms with Crippen LogP contribution >= 0.6 is 0 Å². The van der Waals surface area contributed by atoms with Crippen molar-refractivity contribution in [2.45, 2.75) is 19.9 Å². The van der Waals surface area contributed by atoms with Gasteiger partial charge in [0.1, 0.15) is 6.04 Å². The zero-order valence-electron chi connectivity index (χ0n) is 10.1. The Hall–Kier alpha value is -2.04. The third-order valence-electron chi connectivity index (χ3n) is 2.12. The van der Waals surface area contributed by atoms with E-state index in [2.05, 4.69) is 15.4 Å². The molecule has 0 spiro atoms. The average molecular weight is 236 g/mol. The van der Waals surface area contributed by atoms with E-state index >= 15 is 0 Å². The fourth-order valence-corrected chi connectivity index (χ4v) is 1.38. The first-order chi connectivity index (χ1) is 8.02. The summed E-state index contributed by atoms with van der Waals surface area (Å²) in [6, 6.07) is 6.69. The van der Waals surface area contributed by atoms with Gasteiger partial charge in [0.2, 0.25) is 5.91 Å². The molecule has 1 rings (SSSR count). The highest BCUT2D eigenvalue weighted by atomic mass is 16.5. The number of carbonyl (C=O) groups is 2. The molecule has 1 amide bonds. The van der Waals surface area contributed by atoms with E-state index in [1.165, 1.54) is 14.0 Å². The molecule has 0 heterocycles. The quantitative estimate of drug-likeness (QED) is 0.779. The zero-order chi connectivity index (χ0) is 12.8. The smallest absolute Gasteiger partial charge is 0.327 e. The lowest BCUT2D eigenvalue weighted by molar-refractivity contribution is -0.141. The minimum atomic E-state index is -0.437. The van der Waals surface area contributed by atoms with Gasteiger partial charge in [-0.1, -0.05) is 6.07 Å². The summed E-state index contributed by atoms with van der Waals surface area (Å²) in [6.45, 7) is 3.15. The van der Waals surface area contributed by atoms with Crippen molar-refractivity contribution in [2.24, 2.45) is 0 Å². The van der Waals surface area contributed by atoms with Gasteiger partial charge in [-0.3, -0.25) is 4.79 Å². The van der Waals surface area contributed by atoms with Crippen molar-refractivity contribution in [3.8, 4) is 0 Å². The van der Waals surface area contributed by atoms with Crippen LogP contribution in [-0.4, -0.2) is 25.0 Å². The maximum Gasteiger partial charge on any atom is 0.327 e. The van der Waals surface area contributed by atoms with E-state index in [1.54, 1.807) is 25.1 Å². The predicted molar refractivity (Wildman–Crippen MR) is 65.8 cm³/mol. The Kier molecular flexibility index (Phi) is 4.51. The van der Waals surface area contributed by atoms with Gasteiger partial charge in [0, 0.05) is 18.3 Å². The molecular weight excluding hydrogens is 220 g/mol. The molecule has 0 saturated carbocycles. The van der Waals surface area contributed by atoms with Gasteiger partial charge < -0.3 is 15.4 Å². The summed E-state index contributed by atoms with van der Waals surface area (Å²) >= 11 is 0. The van der Waals surface area contributed by atoms with Gasteiger partial charge in [-0.15, -0.1) is 0 Å². The Balaban J connectivity index is 2.71. The maximum absolute atomic E-state index is 11.2. The Morgan fingerprint density at radius 2 is 1.94 bits per heavy atom. The summed E-state index contributed by atoms with van der Waals surface area (Å²) in [5.41, 5.74) is 1.42. The Labute approximate surface area is 100 Å². The van der Waals surface area contributed by atoms with Crippen molar-refractivity contribution >= 4 is 23.3 Å². The van der Waals surface area contributed by atoms with Crippen LogP contribution in [-0.2, 0) is 14.3 Å². The maximum atomic E-state index is 11.2. The molecule has 2 N–H and O–H groups in total. The van der Waals surface area contributed by atoms with Crippen molar-refractivity contribution in [3.63, 3.8) is 0 Å². The van der Waals surface area contributed by atoms with Crippen molar-refractivity contribution < 1.29 is 14.3 Å². The lowest BCUT2D eigenvalue weighted by atomic mass is 10.2. The monoisotopic (exact) mass is 236 g/mol. The lowest BCUT2D eigenvalue weighted by Gasteiger charge is -2.13. The minimum absolute atomic E-state index is 0.136. The fourth-order valence-electron chi connectivity index (χ4n) is 1.38. The lowest BCUT2D eigenvalue weighted by Crippen LogP contribution is -2.27. The first kappa shape index (κ1) is 13.0. The number of amides is 1. The predicted octanol–water partition coefficient (Wildman–Crippen LogP) is 1.62. The van der Waals surface area contributed by atoms with Crippen molar-refractivity contribution in [2.75, 3.05) is 17.7 Å². The van der Waals surface area contributed by atoms with Crippen LogP contribution in [0, 0.1) is 0 Å². The van der Waals surface area contributed by atoms with Crippen LogP contribution in [0.15, 0.2) is 24.3 Å². The van der Waals surface area contributed by atoms with Gasteiger partial charge in [0.05, 0.1) is 7.11 Å². The van der Waals surface area contributed by atoms with Crippen LogP contribution in [0.5, 0.6) is 0 Å². The number of carbonyl (C=O) groups excluding carboxylic acids is 2. The number of ether oxygens (including phenoxy) is 1. The Bertz CT molecular complexity index is 418. The second-order valence-corrected chi connectivity index (χ2v) is 3.65. The standard InChI is InChI=1S/C12H16N2O3/c1-8(12(16)17-3)13-10-5-4-6-11(7-10)14-9(2)15/h4-8,13H,1-3H3,(H,14,15). The largest absolute Gasteiger partial charge is 0.467 e. The number of esters is 1. The number of rotatable bonds is 4. The number of hydrogen-bond donors (Lipinski definition) is 2. The zero-order valence-corrected chi connectivity index (χ0v) is 10.1. The van der Waals surface area contributed by atoms with E-state index in [9.17, 15) is 9.59 Å². The van der Waals surface area contributed by atoms with Crippen molar-refractivity contribution in [3.05, 3.63) is 24.3 Å². The van der Waals surface area contributed by atoms with Gasteiger partial charge in [0.25, 0.3) is 0 Å². The van der Waals surface area contributed by atoms with Gasteiger partial charge in [-0.05, 0) is 25.1 Å². The SMILES string of the molecule is COC(=O)C(C)Nc1cccc(NC(C)=O)c1. The van der Waals surface area contributed by atoms with E-state index in [0.29, 0.717) is 5.69 Å². The highest BCUT2D eigenvalue weighted by Crippen LogP contribution is 2.16. The minimum Gasteiger partial charge on any atom is -0.467 e. The van der Waals surface area contributed by atoms with E-state index in [4.69, 9.17) is 0 Å². The average Bonchev–Trinajstić information content (AvgIpc) is 2.27. The molecule has 1 unspecified atom stereocenters. The topological polar surface area (TPSA) is 67.4 Å². The summed E-state index contributed by atoms with van der Waals surface area (Å²) in [5, 5.41) is 5.65. The van der Waals surface area contributed by atoms with E-state index in [0.717, 1.165) is 5.69 Å². The molecule has 0 bridgehead atoms. The molecule has 92 valence electrons. The molecule has 1 aromatic rings. The molecule has 0 aromatic heterocycles. The van der Waals surface area contributed by atoms with Gasteiger partial charge >= 0.3 is 5.97 Å². The van der Waals surface area contributed by atoms with Gasteiger partial charge in [-0.2, -0.15) is 0 Å². The van der Waals surface area contributed by atoms with E-state index in [1.807, 2.05) is 6.07 Å². The second-order valence-electron chi connectivity index (χ2n) is 3.65. The molecule has 0 radical (unpaired) electrons. The molecule has 1 aromatic carbocycles. The third-order valence-corrected chi connectivity index (χ3v) is 2.12. The molecule has 17 heavy (non-hydrogen) atoms. The van der Waals surface area contributed by atoms with Crippen LogP contribution in [0.3, 0.4) is 0 Å². The van der Waals surface area contributed by atoms with Gasteiger partial charge in [-0.25, -0.2) is 4.79 Å². The molecule has 0 aliphatic rings. The normalized spacial score (nSPS) is 11.5. The number of benzene rings is 1. The number of anilines is 2. The number of hydrogen-bond acceptors (Lipinski definition) is 4. The summed E-state index contributed by atoms with van der Waals surface area (Å²) < 4.78 is 4.61. The Morgan fingerprint density at radius 3 is 2.53 bits per heavy atom. The first-order valence-electron chi connectivity index (χ1n) is 5.25. The summed E-state index contributed by atoms with van der Waals surface area (Å²) in [6.07, 6.45) is 0. The van der Waals surface area contributed by atoms with Crippen LogP contribution in [0.25, 0.3) is 0 Å². The summed E-state index contributed by atoms with van der Waals surface area (Å²) in [5.74, 6) is -0.474. The highest BCUT2D eigenvalue weighted by molar-refractivity contribution is 5.89. The molecule has 0 aliphatic carbocycles. The molecular formula is C12H16N2O3. The highest BCUT2D eigenvalue weighted by Gasteiger charge is 2.12. The third kappa shape index (κ3) is 4.14. The van der Waals surface area contributed by atoms with Crippen LogP contribution < -0.4 is 10.6 Å². The fraction of sp³-hybridized carbons (Fsp3) is 0.333. The van der Waals surface area contributed by atoms with E-state index in [-0.39, 0.29) is 11.9 Å². The van der Waals surface area contributed by atoms with Gasteiger partial charge in [0.15, 0.2) is 0 Å². The van der Waals surface area contributed by atoms with E-state index < -0.39 is 6.04 Å². The van der Waals surface area contributed by atoms with Crippen LogP contribution in [0.2, 0.25) is 0 Å². The van der Waals surface area contributed by atoms with Crippen LogP contribution in [0.4, 0.5) is 11.4 Å². The molecule has 1 atom stereocenters. The Morgan fingerprint density at radius 1 is 1.29 bits per heavy atom. The second kappa shape index (κ2) is 5.89. The summed E-state index contributed by atoms with van der Waals surface area (Å²) in [4.78, 5) is 22.1. The van der Waals surface area contributed by atoms with Crippen molar-refractivity contribution in [1.29, 1.82) is 0 Å². The molecule has 0 fully saturated rings. The molecule has 0 aliphatic heterocycles. The van der Waals surface area contributed by atoms with Crippen LogP contribution in [0.1, 0.15) is 13.8 Å². The molecule has 5 nitrogen and oxygen atoms in total. The molecule has 0 saturated heterocycles.